The minimum atomic E-state index is 0.646. The molecule has 3 nitrogen and oxygen atoms in total. The highest BCUT2D eigenvalue weighted by molar-refractivity contribution is 5.69. The lowest BCUT2D eigenvalue weighted by atomic mass is 9.94. The Kier molecular flexibility index (Phi) is 4.26. The van der Waals surface area contributed by atoms with Crippen molar-refractivity contribution in [3.8, 4) is 5.75 Å². The Bertz CT molecular complexity index is 490. The normalized spacial score (nSPS) is 19.1. The molecule has 0 saturated carbocycles. The van der Waals surface area contributed by atoms with Crippen LogP contribution < -0.4 is 10.1 Å². The van der Waals surface area contributed by atoms with E-state index in [1.54, 1.807) is 0 Å². The number of fused-ring (bicyclic) bond motifs is 1. The average molecular weight is 273 g/mol. The molecule has 1 fully saturated rings. The monoisotopic (exact) mass is 273 g/mol. The fourth-order valence-corrected chi connectivity index (χ4v) is 2.98. The van der Waals surface area contributed by atoms with E-state index in [4.69, 9.17) is 9.47 Å². The molecule has 1 aliphatic carbocycles. The third kappa shape index (κ3) is 2.98. The van der Waals surface area contributed by atoms with Gasteiger partial charge in [-0.05, 0) is 55.4 Å². The number of nitrogens with one attached hydrogen (secondary N) is 1. The van der Waals surface area contributed by atoms with Crippen LogP contribution in [0.4, 0.5) is 0 Å². The summed E-state index contributed by atoms with van der Waals surface area (Å²) in [7, 11) is 1.98. The van der Waals surface area contributed by atoms with Crippen LogP contribution in [0.15, 0.2) is 24.3 Å². The van der Waals surface area contributed by atoms with Gasteiger partial charge in [0.25, 0.3) is 0 Å². The molecular formula is C17H23NO2. The molecule has 0 unspecified atom stereocenters. The number of hydrogen-bond donors (Lipinski definition) is 1. The summed E-state index contributed by atoms with van der Waals surface area (Å²) in [5.74, 6) is 1.65. The number of ether oxygens (including phenoxy) is 2. The van der Waals surface area contributed by atoms with E-state index in [0.29, 0.717) is 5.92 Å². The van der Waals surface area contributed by atoms with E-state index in [1.807, 2.05) is 7.05 Å². The number of benzene rings is 1. The van der Waals surface area contributed by atoms with Gasteiger partial charge < -0.3 is 14.8 Å². The highest BCUT2D eigenvalue weighted by atomic mass is 16.5. The number of aryl methyl sites for hydroxylation is 1. The largest absolute Gasteiger partial charge is 0.493 e. The van der Waals surface area contributed by atoms with E-state index in [2.05, 4.69) is 29.6 Å². The Hall–Kier alpha value is -1.48. The van der Waals surface area contributed by atoms with E-state index < -0.39 is 0 Å². The second kappa shape index (κ2) is 6.31. The molecule has 1 N–H and O–H groups in total. The molecule has 0 spiro atoms. The van der Waals surface area contributed by atoms with E-state index in [9.17, 15) is 0 Å². The molecule has 3 rings (SSSR count). The predicted octanol–water partition coefficient (Wildman–Crippen LogP) is 3.00. The summed E-state index contributed by atoms with van der Waals surface area (Å²) in [5.41, 5.74) is 3.95. The van der Waals surface area contributed by atoms with Gasteiger partial charge in [-0.2, -0.15) is 0 Å². The van der Waals surface area contributed by atoms with Gasteiger partial charge in [0.05, 0.1) is 6.61 Å². The lowest BCUT2D eigenvalue weighted by molar-refractivity contribution is 0.0497. The fourth-order valence-electron chi connectivity index (χ4n) is 2.98. The van der Waals surface area contributed by atoms with E-state index >= 15 is 0 Å². The predicted molar refractivity (Wildman–Crippen MR) is 80.8 cm³/mol. The SMILES string of the molecule is CNC1=CCCc2cc(OCC3CCOCC3)ccc21. The van der Waals surface area contributed by atoms with Crippen molar-refractivity contribution < 1.29 is 9.47 Å². The van der Waals surface area contributed by atoms with Crippen LogP contribution in [0.5, 0.6) is 5.75 Å². The summed E-state index contributed by atoms with van der Waals surface area (Å²) in [6.45, 7) is 2.58. The van der Waals surface area contributed by atoms with Crippen LogP contribution in [0, 0.1) is 5.92 Å². The van der Waals surface area contributed by atoms with Crippen molar-refractivity contribution in [2.75, 3.05) is 26.9 Å². The summed E-state index contributed by atoms with van der Waals surface area (Å²) >= 11 is 0. The average Bonchev–Trinajstić information content (AvgIpc) is 2.53. The van der Waals surface area contributed by atoms with Gasteiger partial charge in [0, 0.05) is 31.5 Å². The number of allylic oxidation sites excluding steroid dienone is 1. The Morgan fingerprint density at radius 1 is 1.30 bits per heavy atom. The molecule has 0 amide bonds. The third-order valence-electron chi connectivity index (χ3n) is 4.22. The van der Waals surface area contributed by atoms with Crippen molar-refractivity contribution in [2.45, 2.75) is 25.7 Å². The number of rotatable bonds is 4. The first kappa shape index (κ1) is 13.5. The van der Waals surface area contributed by atoms with E-state index in [-0.39, 0.29) is 0 Å². The number of hydrogen-bond acceptors (Lipinski definition) is 3. The van der Waals surface area contributed by atoms with Crippen molar-refractivity contribution in [3.63, 3.8) is 0 Å². The maximum absolute atomic E-state index is 5.99. The molecular weight excluding hydrogens is 250 g/mol. The minimum absolute atomic E-state index is 0.646. The van der Waals surface area contributed by atoms with Gasteiger partial charge in [-0.3, -0.25) is 0 Å². The molecule has 0 aromatic heterocycles. The third-order valence-corrected chi connectivity index (χ3v) is 4.22. The second-order valence-electron chi connectivity index (χ2n) is 5.59. The van der Waals surface area contributed by atoms with Gasteiger partial charge in [0.15, 0.2) is 0 Å². The topological polar surface area (TPSA) is 30.5 Å². The molecule has 1 aromatic rings. The molecule has 20 heavy (non-hydrogen) atoms. The lowest BCUT2D eigenvalue weighted by Crippen LogP contribution is -2.21. The second-order valence-corrected chi connectivity index (χ2v) is 5.59. The Morgan fingerprint density at radius 2 is 2.15 bits per heavy atom. The first-order chi connectivity index (χ1) is 9.86. The minimum Gasteiger partial charge on any atom is -0.493 e. The quantitative estimate of drug-likeness (QED) is 0.915. The van der Waals surface area contributed by atoms with Crippen LogP contribution in [-0.4, -0.2) is 26.9 Å². The van der Waals surface area contributed by atoms with Crippen LogP contribution >= 0.6 is 0 Å². The summed E-state index contributed by atoms with van der Waals surface area (Å²) < 4.78 is 11.4. The fraction of sp³-hybridized carbons (Fsp3) is 0.529. The smallest absolute Gasteiger partial charge is 0.119 e. The molecule has 0 bridgehead atoms. The highest BCUT2D eigenvalue weighted by Gasteiger charge is 2.16. The van der Waals surface area contributed by atoms with Crippen LogP contribution in [0.1, 0.15) is 30.4 Å². The molecule has 1 saturated heterocycles. The van der Waals surface area contributed by atoms with Gasteiger partial charge >= 0.3 is 0 Å². The van der Waals surface area contributed by atoms with Crippen molar-refractivity contribution in [3.05, 3.63) is 35.4 Å². The van der Waals surface area contributed by atoms with Crippen LogP contribution in [-0.2, 0) is 11.2 Å². The molecule has 1 aliphatic heterocycles. The van der Waals surface area contributed by atoms with Gasteiger partial charge in [0.1, 0.15) is 5.75 Å². The summed E-state index contributed by atoms with van der Waals surface area (Å²) in [6.07, 6.45) is 6.72. The van der Waals surface area contributed by atoms with Gasteiger partial charge in [-0.25, -0.2) is 0 Å². The summed E-state index contributed by atoms with van der Waals surface area (Å²) in [5, 5.41) is 3.27. The van der Waals surface area contributed by atoms with Gasteiger partial charge in [-0.15, -0.1) is 0 Å². The first-order valence-corrected chi connectivity index (χ1v) is 7.58. The maximum Gasteiger partial charge on any atom is 0.119 e. The molecule has 2 aliphatic rings. The summed E-state index contributed by atoms with van der Waals surface area (Å²) in [6, 6.07) is 6.48. The Morgan fingerprint density at radius 3 is 2.95 bits per heavy atom. The molecule has 3 heteroatoms. The van der Waals surface area contributed by atoms with Crippen LogP contribution in [0.2, 0.25) is 0 Å². The molecule has 0 radical (unpaired) electrons. The Labute approximate surface area is 121 Å². The highest BCUT2D eigenvalue weighted by Crippen LogP contribution is 2.28. The maximum atomic E-state index is 5.99. The first-order valence-electron chi connectivity index (χ1n) is 7.58. The van der Waals surface area contributed by atoms with E-state index in [0.717, 1.165) is 51.3 Å². The van der Waals surface area contributed by atoms with Crippen molar-refractivity contribution in [1.29, 1.82) is 0 Å². The van der Waals surface area contributed by atoms with E-state index in [1.165, 1.54) is 16.8 Å². The zero-order chi connectivity index (χ0) is 13.8. The zero-order valence-corrected chi connectivity index (χ0v) is 12.2. The standard InChI is InChI=1S/C17H23NO2/c1-18-17-4-2-3-14-11-15(5-6-16(14)17)20-12-13-7-9-19-10-8-13/h4-6,11,13,18H,2-3,7-10,12H2,1H3. The molecule has 1 aromatic carbocycles. The Balaban J connectivity index is 1.65. The van der Waals surface area contributed by atoms with Crippen LogP contribution in [0.3, 0.4) is 0 Å². The van der Waals surface area contributed by atoms with Crippen molar-refractivity contribution in [2.24, 2.45) is 5.92 Å². The molecule has 0 atom stereocenters. The molecule has 1 heterocycles. The lowest BCUT2D eigenvalue weighted by Gasteiger charge is -2.23. The summed E-state index contributed by atoms with van der Waals surface area (Å²) in [4.78, 5) is 0. The van der Waals surface area contributed by atoms with Crippen LogP contribution in [0.25, 0.3) is 5.70 Å². The van der Waals surface area contributed by atoms with Crippen molar-refractivity contribution in [1.82, 2.24) is 5.32 Å². The van der Waals surface area contributed by atoms with Gasteiger partial charge in [0.2, 0.25) is 0 Å². The zero-order valence-electron chi connectivity index (χ0n) is 12.2. The molecule has 108 valence electrons. The van der Waals surface area contributed by atoms with Gasteiger partial charge in [-0.1, -0.05) is 6.08 Å². The van der Waals surface area contributed by atoms with Crippen molar-refractivity contribution >= 4 is 5.70 Å².